The highest BCUT2D eigenvalue weighted by Gasteiger charge is 2.18. The zero-order valence-corrected chi connectivity index (χ0v) is 18.1. The molecule has 0 aliphatic rings. The predicted molar refractivity (Wildman–Crippen MR) is 116 cm³/mol. The van der Waals surface area contributed by atoms with Crippen LogP contribution >= 0.6 is 22.9 Å². The van der Waals surface area contributed by atoms with E-state index in [1.165, 1.54) is 11.3 Å². The van der Waals surface area contributed by atoms with Crippen molar-refractivity contribution in [1.29, 1.82) is 0 Å². The van der Waals surface area contributed by atoms with Crippen molar-refractivity contribution < 1.29 is 19.0 Å². The highest BCUT2D eigenvalue weighted by Crippen LogP contribution is 2.33. The number of ether oxygens (including phenoxy) is 3. The first-order valence-electron chi connectivity index (χ1n) is 8.83. The van der Waals surface area contributed by atoms with Crippen molar-refractivity contribution in [3.8, 4) is 28.5 Å². The molecule has 0 spiro atoms. The second kappa shape index (κ2) is 9.15. The van der Waals surface area contributed by atoms with E-state index in [0.29, 0.717) is 27.4 Å². The highest BCUT2D eigenvalue weighted by molar-refractivity contribution is 7.14. The van der Waals surface area contributed by atoms with Gasteiger partial charge in [0.2, 0.25) is 0 Å². The van der Waals surface area contributed by atoms with E-state index >= 15 is 0 Å². The third-order valence-corrected chi connectivity index (χ3v) is 5.22. The van der Waals surface area contributed by atoms with Gasteiger partial charge < -0.3 is 14.2 Å². The van der Waals surface area contributed by atoms with Crippen LogP contribution in [0.4, 0.5) is 5.13 Å². The molecule has 6 nitrogen and oxygen atoms in total. The lowest BCUT2D eigenvalue weighted by Crippen LogP contribution is -2.30. The number of amides is 1. The van der Waals surface area contributed by atoms with Crippen molar-refractivity contribution in [2.75, 3.05) is 19.5 Å². The van der Waals surface area contributed by atoms with E-state index in [-0.39, 0.29) is 5.91 Å². The van der Waals surface area contributed by atoms with Gasteiger partial charge in [-0.05, 0) is 55.8 Å². The van der Waals surface area contributed by atoms with Crippen LogP contribution in [-0.4, -0.2) is 31.2 Å². The van der Waals surface area contributed by atoms with Crippen molar-refractivity contribution >= 4 is 34.0 Å². The quantitative estimate of drug-likeness (QED) is 0.556. The average Bonchev–Trinajstić information content (AvgIpc) is 3.17. The number of benzene rings is 2. The number of methoxy groups -OCH3 is 2. The first kappa shape index (κ1) is 21.0. The molecule has 1 aromatic heterocycles. The first-order valence-corrected chi connectivity index (χ1v) is 10.1. The van der Waals surface area contributed by atoms with E-state index in [9.17, 15) is 4.79 Å². The molecule has 3 aromatic rings. The van der Waals surface area contributed by atoms with Gasteiger partial charge in [-0.2, -0.15) is 0 Å². The van der Waals surface area contributed by atoms with E-state index in [4.69, 9.17) is 25.8 Å². The Bertz CT molecular complexity index is 1020. The number of halogens is 1. The van der Waals surface area contributed by atoms with E-state index in [1.54, 1.807) is 39.3 Å². The molecule has 8 heteroatoms. The molecule has 0 bridgehead atoms. The molecule has 0 saturated carbocycles. The number of hydrogen-bond acceptors (Lipinski definition) is 6. The second-order valence-electron chi connectivity index (χ2n) is 6.27. The number of carbonyl (C=O) groups is 1. The summed E-state index contributed by atoms with van der Waals surface area (Å²) in [5.41, 5.74) is 2.45. The fourth-order valence-corrected chi connectivity index (χ4v) is 3.60. The molecule has 0 aliphatic heterocycles. The van der Waals surface area contributed by atoms with Crippen molar-refractivity contribution in [3.63, 3.8) is 0 Å². The Kier molecular flexibility index (Phi) is 6.61. The normalized spacial score (nSPS) is 11.6. The Morgan fingerprint density at radius 2 is 1.83 bits per heavy atom. The van der Waals surface area contributed by atoms with Gasteiger partial charge in [0.25, 0.3) is 5.91 Å². The van der Waals surface area contributed by atoms with Crippen LogP contribution in [0.25, 0.3) is 11.3 Å². The highest BCUT2D eigenvalue weighted by atomic mass is 35.5. The van der Waals surface area contributed by atoms with Gasteiger partial charge in [0.15, 0.2) is 22.7 Å². The van der Waals surface area contributed by atoms with Crippen molar-refractivity contribution in [2.24, 2.45) is 0 Å². The maximum Gasteiger partial charge on any atom is 0.266 e. The molecule has 1 atom stereocenters. The lowest BCUT2D eigenvalue weighted by Gasteiger charge is -2.15. The predicted octanol–water partition coefficient (Wildman–Crippen LogP) is 5.20. The minimum Gasteiger partial charge on any atom is -0.493 e. The number of nitrogens with zero attached hydrogens (tertiary/aromatic N) is 1. The smallest absolute Gasteiger partial charge is 0.266 e. The number of rotatable bonds is 7. The van der Waals surface area contributed by atoms with Gasteiger partial charge in [0.05, 0.1) is 19.9 Å². The summed E-state index contributed by atoms with van der Waals surface area (Å²) >= 11 is 7.29. The van der Waals surface area contributed by atoms with Crippen LogP contribution in [0.1, 0.15) is 12.5 Å². The van der Waals surface area contributed by atoms with Crippen molar-refractivity contribution in [3.05, 3.63) is 52.4 Å². The molecule has 1 amide bonds. The summed E-state index contributed by atoms with van der Waals surface area (Å²) < 4.78 is 16.3. The van der Waals surface area contributed by atoms with Gasteiger partial charge in [0, 0.05) is 16.0 Å². The number of carbonyl (C=O) groups excluding carboxylic acids is 1. The Balaban J connectivity index is 1.68. The van der Waals surface area contributed by atoms with Gasteiger partial charge in [-0.15, -0.1) is 11.3 Å². The Morgan fingerprint density at radius 1 is 1.10 bits per heavy atom. The summed E-state index contributed by atoms with van der Waals surface area (Å²) in [4.78, 5) is 17.0. The first-order chi connectivity index (χ1) is 13.9. The summed E-state index contributed by atoms with van der Waals surface area (Å²) in [7, 11) is 3.17. The number of aromatic nitrogens is 1. The molecule has 152 valence electrons. The summed E-state index contributed by atoms with van der Waals surface area (Å²) in [5.74, 6) is 1.59. The monoisotopic (exact) mass is 432 g/mol. The topological polar surface area (TPSA) is 69.7 Å². The van der Waals surface area contributed by atoms with E-state index in [1.807, 2.05) is 30.5 Å². The maximum atomic E-state index is 12.5. The fraction of sp³-hybridized carbons (Fsp3) is 0.238. The lowest BCUT2D eigenvalue weighted by atomic mass is 10.1. The Hall–Kier alpha value is -2.77. The molecule has 2 aromatic carbocycles. The van der Waals surface area contributed by atoms with Crippen LogP contribution in [-0.2, 0) is 4.79 Å². The minimum atomic E-state index is -0.691. The summed E-state index contributed by atoms with van der Waals surface area (Å²) in [6, 6.07) is 10.8. The number of hydrogen-bond donors (Lipinski definition) is 1. The molecule has 1 N–H and O–H groups in total. The van der Waals surface area contributed by atoms with Gasteiger partial charge in [0.1, 0.15) is 5.75 Å². The van der Waals surface area contributed by atoms with E-state index in [0.717, 1.165) is 16.8 Å². The second-order valence-corrected chi connectivity index (χ2v) is 7.56. The Morgan fingerprint density at radius 3 is 2.52 bits per heavy atom. The van der Waals surface area contributed by atoms with Crippen molar-refractivity contribution in [1.82, 2.24) is 4.98 Å². The summed E-state index contributed by atoms with van der Waals surface area (Å²) in [5, 5.41) is 5.77. The molecule has 0 fully saturated rings. The maximum absolute atomic E-state index is 12.5. The zero-order valence-electron chi connectivity index (χ0n) is 16.5. The SMILES string of the molecule is COc1ccc(-c2csc(NC(=O)C(C)Oc3ccc(Cl)cc3C)n2)cc1OC. The number of anilines is 1. The van der Waals surface area contributed by atoms with Crippen LogP contribution in [0.15, 0.2) is 41.8 Å². The minimum absolute atomic E-state index is 0.285. The fourth-order valence-electron chi connectivity index (χ4n) is 2.66. The molecular formula is C21H21ClN2O4S. The van der Waals surface area contributed by atoms with E-state index in [2.05, 4.69) is 10.3 Å². The third kappa shape index (κ3) is 4.99. The van der Waals surface area contributed by atoms with Crippen LogP contribution in [0.5, 0.6) is 17.2 Å². The molecule has 1 heterocycles. The van der Waals surface area contributed by atoms with Crippen LogP contribution in [0.2, 0.25) is 5.02 Å². The number of nitrogens with one attached hydrogen (secondary N) is 1. The van der Waals surface area contributed by atoms with Gasteiger partial charge in [-0.25, -0.2) is 4.98 Å². The molecule has 0 saturated heterocycles. The molecule has 1 unspecified atom stereocenters. The van der Waals surface area contributed by atoms with Crippen LogP contribution in [0, 0.1) is 6.92 Å². The summed E-state index contributed by atoms with van der Waals surface area (Å²) in [6.45, 7) is 3.56. The molecule has 3 rings (SSSR count). The largest absolute Gasteiger partial charge is 0.493 e. The summed E-state index contributed by atoms with van der Waals surface area (Å²) in [6.07, 6.45) is -0.691. The average molecular weight is 433 g/mol. The third-order valence-electron chi connectivity index (χ3n) is 4.22. The van der Waals surface area contributed by atoms with Gasteiger partial charge in [-0.1, -0.05) is 11.6 Å². The van der Waals surface area contributed by atoms with Crippen LogP contribution in [0.3, 0.4) is 0 Å². The number of aryl methyl sites for hydroxylation is 1. The molecule has 0 radical (unpaired) electrons. The molecule has 0 aliphatic carbocycles. The standard InChI is InChI=1S/C21H21ClN2O4S/c1-12-9-15(22)6-8-17(12)28-13(2)20(25)24-21-23-16(11-29-21)14-5-7-18(26-3)19(10-14)27-4/h5-11,13H,1-4H3,(H,23,24,25). The molecule has 29 heavy (non-hydrogen) atoms. The zero-order chi connectivity index (χ0) is 21.0. The molecular weight excluding hydrogens is 412 g/mol. The van der Waals surface area contributed by atoms with Crippen LogP contribution < -0.4 is 19.5 Å². The van der Waals surface area contributed by atoms with Gasteiger partial charge >= 0.3 is 0 Å². The lowest BCUT2D eigenvalue weighted by molar-refractivity contribution is -0.122. The van der Waals surface area contributed by atoms with Gasteiger partial charge in [-0.3, -0.25) is 10.1 Å². The Labute approximate surface area is 178 Å². The van der Waals surface area contributed by atoms with E-state index < -0.39 is 6.10 Å². The number of thiazole rings is 1. The van der Waals surface area contributed by atoms with Crippen molar-refractivity contribution in [2.45, 2.75) is 20.0 Å².